The molecule has 0 amide bonds. The van der Waals surface area contributed by atoms with Gasteiger partial charge in [0.15, 0.2) is 5.82 Å². The van der Waals surface area contributed by atoms with Gasteiger partial charge in [0.25, 0.3) is 5.89 Å². The Bertz CT molecular complexity index is 1290. The second-order valence-corrected chi connectivity index (χ2v) is 8.58. The zero-order valence-electron chi connectivity index (χ0n) is 19.3. The standard InChI is InChI=1S/C25H26FN5O4/c1-33-22(32)12-13-34-19-9-2-15(3-10-19)16-4-11-20-21(14-16)29-23(28-20)24-30-31-25(35-24)27-18-7-5-17(26)6-8-18/h4-8,11,14-15,19H,2-3,9-10,12-13H2,1H3,(H,27,31)(H,28,29). The molecule has 0 saturated heterocycles. The van der Waals surface area contributed by atoms with Crippen molar-refractivity contribution in [2.24, 2.45) is 0 Å². The van der Waals surface area contributed by atoms with Crippen molar-refractivity contribution >= 4 is 28.7 Å². The van der Waals surface area contributed by atoms with Crippen LogP contribution < -0.4 is 5.32 Å². The number of imidazole rings is 1. The molecule has 1 aliphatic carbocycles. The number of hydrogen-bond donors (Lipinski definition) is 2. The number of hydrogen-bond acceptors (Lipinski definition) is 8. The Labute approximate surface area is 201 Å². The highest BCUT2D eigenvalue weighted by molar-refractivity contribution is 5.79. The Morgan fingerprint density at radius 1 is 1.14 bits per heavy atom. The fraction of sp³-hybridized carbons (Fsp3) is 0.360. The molecule has 0 spiro atoms. The number of anilines is 2. The maximum absolute atomic E-state index is 13.1. The van der Waals surface area contributed by atoms with Gasteiger partial charge in [-0.15, -0.1) is 5.10 Å². The SMILES string of the molecule is COC(=O)CCOC1CCC(c2ccc3nc(-c4nnc(Nc5ccc(F)cc5)o4)[nH]c3c2)CC1. The number of fused-ring (bicyclic) bond motifs is 1. The molecule has 1 aliphatic rings. The summed E-state index contributed by atoms with van der Waals surface area (Å²) in [5, 5.41) is 11.0. The molecule has 10 heteroatoms. The molecule has 0 unspecified atom stereocenters. The van der Waals surface area contributed by atoms with Crippen LogP contribution in [0.4, 0.5) is 16.1 Å². The monoisotopic (exact) mass is 479 g/mol. The summed E-state index contributed by atoms with van der Waals surface area (Å²) >= 11 is 0. The lowest BCUT2D eigenvalue weighted by Crippen LogP contribution is -2.22. The number of benzene rings is 2. The van der Waals surface area contributed by atoms with Crippen LogP contribution in [0.3, 0.4) is 0 Å². The van der Waals surface area contributed by atoms with Gasteiger partial charge < -0.3 is 24.2 Å². The van der Waals surface area contributed by atoms with Gasteiger partial charge in [-0.25, -0.2) is 9.37 Å². The van der Waals surface area contributed by atoms with E-state index in [1.165, 1.54) is 24.8 Å². The number of carbonyl (C=O) groups is 1. The van der Waals surface area contributed by atoms with E-state index < -0.39 is 0 Å². The lowest BCUT2D eigenvalue weighted by atomic mass is 9.82. The quantitative estimate of drug-likeness (QED) is 0.335. The third-order valence-electron chi connectivity index (χ3n) is 6.26. The summed E-state index contributed by atoms with van der Waals surface area (Å²) < 4.78 is 29.3. The Hall–Kier alpha value is -3.79. The van der Waals surface area contributed by atoms with Gasteiger partial charge in [-0.1, -0.05) is 11.2 Å². The summed E-state index contributed by atoms with van der Waals surface area (Å²) in [5.74, 6) is 0.630. The van der Waals surface area contributed by atoms with E-state index in [0.717, 1.165) is 36.7 Å². The minimum Gasteiger partial charge on any atom is -0.469 e. The van der Waals surface area contributed by atoms with Gasteiger partial charge in [-0.2, -0.15) is 0 Å². The Morgan fingerprint density at radius 2 is 1.94 bits per heavy atom. The Kier molecular flexibility index (Phi) is 6.71. The van der Waals surface area contributed by atoms with Gasteiger partial charge in [-0.05, 0) is 73.6 Å². The molecule has 2 aromatic carbocycles. The van der Waals surface area contributed by atoms with Gasteiger partial charge in [0.1, 0.15) is 5.82 Å². The molecule has 2 aromatic heterocycles. The highest BCUT2D eigenvalue weighted by atomic mass is 19.1. The summed E-state index contributed by atoms with van der Waals surface area (Å²) in [6.07, 6.45) is 4.45. The fourth-order valence-corrected chi connectivity index (χ4v) is 4.38. The van der Waals surface area contributed by atoms with Crippen molar-refractivity contribution in [1.29, 1.82) is 0 Å². The number of aromatic amines is 1. The van der Waals surface area contributed by atoms with E-state index in [9.17, 15) is 9.18 Å². The van der Waals surface area contributed by atoms with Crippen LogP contribution in [0, 0.1) is 5.82 Å². The molecule has 0 radical (unpaired) electrons. The van der Waals surface area contributed by atoms with Crippen molar-refractivity contribution in [2.45, 2.75) is 44.1 Å². The fourth-order valence-electron chi connectivity index (χ4n) is 4.38. The van der Waals surface area contributed by atoms with Gasteiger partial charge in [0.2, 0.25) is 0 Å². The van der Waals surface area contributed by atoms with E-state index in [4.69, 9.17) is 9.15 Å². The van der Waals surface area contributed by atoms with Crippen LogP contribution in [0.25, 0.3) is 22.7 Å². The van der Waals surface area contributed by atoms with Gasteiger partial charge in [0.05, 0.1) is 37.3 Å². The highest BCUT2D eigenvalue weighted by Crippen LogP contribution is 2.35. The van der Waals surface area contributed by atoms with E-state index >= 15 is 0 Å². The molecular formula is C25H26FN5O4. The van der Waals surface area contributed by atoms with Crippen LogP contribution in [0.2, 0.25) is 0 Å². The van der Waals surface area contributed by atoms with Crippen molar-refractivity contribution in [3.8, 4) is 11.7 Å². The predicted molar refractivity (Wildman–Crippen MR) is 127 cm³/mol. The van der Waals surface area contributed by atoms with Crippen molar-refractivity contribution in [1.82, 2.24) is 20.2 Å². The average molecular weight is 480 g/mol. The van der Waals surface area contributed by atoms with Crippen molar-refractivity contribution < 1.29 is 23.1 Å². The van der Waals surface area contributed by atoms with Crippen molar-refractivity contribution in [2.75, 3.05) is 19.0 Å². The summed E-state index contributed by atoms with van der Waals surface area (Å²) in [4.78, 5) is 19.1. The van der Waals surface area contributed by atoms with Crippen LogP contribution in [0.1, 0.15) is 43.6 Å². The molecule has 5 rings (SSSR count). The zero-order valence-corrected chi connectivity index (χ0v) is 19.3. The molecular weight excluding hydrogens is 453 g/mol. The second-order valence-electron chi connectivity index (χ2n) is 8.58. The van der Waals surface area contributed by atoms with Crippen molar-refractivity contribution in [3.05, 3.63) is 53.8 Å². The maximum Gasteiger partial charge on any atom is 0.320 e. The van der Waals surface area contributed by atoms with Crippen LogP contribution >= 0.6 is 0 Å². The molecule has 182 valence electrons. The molecule has 2 N–H and O–H groups in total. The molecule has 0 atom stereocenters. The minimum absolute atomic E-state index is 0.189. The molecule has 9 nitrogen and oxygen atoms in total. The third kappa shape index (κ3) is 5.48. The third-order valence-corrected chi connectivity index (χ3v) is 6.26. The van der Waals surface area contributed by atoms with Gasteiger partial charge >= 0.3 is 12.0 Å². The smallest absolute Gasteiger partial charge is 0.320 e. The van der Waals surface area contributed by atoms with Gasteiger partial charge in [-0.3, -0.25) is 4.79 Å². The second kappa shape index (κ2) is 10.2. The first kappa shape index (κ1) is 23.0. The first-order valence-corrected chi connectivity index (χ1v) is 11.6. The van der Waals surface area contributed by atoms with Crippen molar-refractivity contribution in [3.63, 3.8) is 0 Å². The summed E-state index contributed by atoms with van der Waals surface area (Å²) in [7, 11) is 1.39. The summed E-state index contributed by atoms with van der Waals surface area (Å²) in [6.45, 7) is 0.404. The molecule has 35 heavy (non-hydrogen) atoms. The number of ether oxygens (including phenoxy) is 2. The zero-order chi connectivity index (χ0) is 24.2. The topological polar surface area (TPSA) is 115 Å². The van der Waals surface area contributed by atoms with Crippen LogP contribution in [-0.2, 0) is 14.3 Å². The first-order valence-electron chi connectivity index (χ1n) is 11.6. The van der Waals surface area contributed by atoms with E-state index in [1.54, 1.807) is 12.1 Å². The molecule has 1 saturated carbocycles. The highest BCUT2D eigenvalue weighted by Gasteiger charge is 2.24. The number of methoxy groups -OCH3 is 1. The minimum atomic E-state index is -0.319. The van der Waals surface area contributed by atoms with Gasteiger partial charge in [0, 0.05) is 5.69 Å². The number of aromatic nitrogens is 4. The Balaban J connectivity index is 1.21. The number of carbonyl (C=O) groups excluding carboxylic acids is 1. The number of rotatable bonds is 8. The van der Waals surface area contributed by atoms with E-state index in [2.05, 4.69) is 42.4 Å². The first-order chi connectivity index (χ1) is 17.1. The lowest BCUT2D eigenvalue weighted by Gasteiger charge is -2.28. The summed E-state index contributed by atoms with van der Waals surface area (Å²) in [6, 6.07) is 12.3. The largest absolute Gasteiger partial charge is 0.469 e. The normalized spacial score (nSPS) is 18.0. The summed E-state index contributed by atoms with van der Waals surface area (Å²) in [5.41, 5.74) is 3.61. The number of halogens is 1. The van der Waals surface area contributed by atoms with E-state index in [1.807, 2.05) is 6.07 Å². The molecule has 1 fully saturated rings. The molecule has 0 bridgehead atoms. The number of H-pyrrole nitrogens is 1. The van der Waals surface area contributed by atoms with E-state index in [-0.39, 0.29) is 29.8 Å². The van der Waals surface area contributed by atoms with Crippen LogP contribution in [0.5, 0.6) is 0 Å². The number of nitrogens with zero attached hydrogens (tertiary/aromatic N) is 3. The maximum atomic E-state index is 13.1. The number of esters is 1. The van der Waals surface area contributed by atoms with Crippen LogP contribution in [-0.4, -0.2) is 46.0 Å². The molecule has 4 aromatic rings. The lowest BCUT2D eigenvalue weighted by molar-refractivity contribution is -0.142. The van der Waals surface area contributed by atoms with E-state index in [0.29, 0.717) is 30.5 Å². The van der Waals surface area contributed by atoms with Crippen LogP contribution in [0.15, 0.2) is 46.9 Å². The molecule has 0 aliphatic heterocycles. The number of nitrogens with one attached hydrogen (secondary N) is 2. The average Bonchev–Trinajstić information content (AvgIpc) is 3.52. The predicted octanol–water partition coefficient (Wildman–Crippen LogP) is 5.10. The Morgan fingerprint density at radius 3 is 2.71 bits per heavy atom. The molecule has 2 heterocycles.